The van der Waals surface area contributed by atoms with Gasteiger partial charge in [-0.25, -0.2) is 0 Å². The molecule has 17 heavy (non-hydrogen) atoms. The van der Waals surface area contributed by atoms with Gasteiger partial charge in [0.15, 0.2) is 0 Å². The van der Waals surface area contributed by atoms with Crippen LogP contribution >= 0.6 is 11.6 Å². The zero-order valence-corrected chi connectivity index (χ0v) is 11.7. The van der Waals surface area contributed by atoms with Crippen LogP contribution in [0.4, 0.5) is 0 Å². The van der Waals surface area contributed by atoms with Crippen molar-refractivity contribution in [2.75, 3.05) is 19.8 Å². The predicted molar refractivity (Wildman–Crippen MR) is 70.6 cm³/mol. The van der Waals surface area contributed by atoms with Crippen LogP contribution in [0.25, 0.3) is 0 Å². The molecule has 0 radical (unpaired) electrons. The summed E-state index contributed by atoms with van der Waals surface area (Å²) in [5.74, 6) is 0. The van der Waals surface area contributed by atoms with Crippen molar-refractivity contribution in [3.05, 3.63) is 0 Å². The lowest BCUT2D eigenvalue weighted by molar-refractivity contribution is -0.133. The summed E-state index contributed by atoms with van der Waals surface area (Å²) in [5.41, 5.74) is 0.310. The number of halogens is 1. The van der Waals surface area contributed by atoms with E-state index in [9.17, 15) is 0 Å². The van der Waals surface area contributed by atoms with Gasteiger partial charge in [0.25, 0.3) is 0 Å². The highest BCUT2D eigenvalue weighted by molar-refractivity contribution is 6.21. The Morgan fingerprint density at radius 3 is 2.53 bits per heavy atom. The molecule has 0 N–H and O–H groups in total. The van der Waals surface area contributed by atoms with E-state index in [0.717, 1.165) is 32.7 Å². The summed E-state index contributed by atoms with van der Waals surface area (Å²) in [6.07, 6.45) is 9.08. The van der Waals surface area contributed by atoms with E-state index in [-0.39, 0.29) is 0 Å². The molecule has 3 heteroatoms. The molecule has 0 bridgehead atoms. The minimum Gasteiger partial charge on any atom is -0.379 e. The molecule has 2 aliphatic carbocycles. The molecule has 1 spiro atoms. The Kier molecular flexibility index (Phi) is 5.13. The fourth-order valence-electron chi connectivity index (χ4n) is 3.27. The summed E-state index contributed by atoms with van der Waals surface area (Å²) >= 11 is 6.43. The molecule has 2 nitrogen and oxygen atoms in total. The van der Waals surface area contributed by atoms with Crippen LogP contribution in [0.2, 0.25) is 0 Å². The highest BCUT2D eigenvalue weighted by atomic mass is 35.5. The van der Waals surface area contributed by atoms with Crippen LogP contribution < -0.4 is 0 Å². The lowest BCUT2D eigenvalue weighted by Crippen LogP contribution is -2.56. The minimum atomic E-state index is 0.310. The molecule has 0 aromatic heterocycles. The molecule has 0 heterocycles. The van der Waals surface area contributed by atoms with Gasteiger partial charge >= 0.3 is 0 Å². The predicted octanol–water partition coefficient (Wildman–Crippen LogP) is 3.76. The van der Waals surface area contributed by atoms with Crippen molar-refractivity contribution >= 4 is 11.6 Å². The van der Waals surface area contributed by atoms with Crippen molar-refractivity contribution in [1.82, 2.24) is 0 Å². The smallest absolute Gasteiger partial charge is 0.0704 e. The first kappa shape index (κ1) is 13.6. The lowest BCUT2D eigenvalue weighted by Gasteiger charge is -2.55. The maximum absolute atomic E-state index is 6.43. The average molecular weight is 261 g/mol. The molecule has 0 aromatic rings. The lowest BCUT2D eigenvalue weighted by atomic mass is 9.58. The van der Waals surface area contributed by atoms with Crippen molar-refractivity contribution in [2.45, 2.75) is 63.4 Å². The van der Waals surface area contributed by atoms with Gasteiger partial charge in [-0.2, -0.15) is 0 Å². The van der Waals surface area contributed by atoms with Gasteiger partial charge in [-0.1, -0.05) is 26.2 Å². The van der Waals surface area contributed by atoms with Crippen LogP contribution in [0.15, 0.2) is 0 Å². The molecule has 2 saturated carbocycles. The average Bonchev–Trinajstić information content (AvgIpc) is 2.38. The van der Waals surface area contributed by atoms with E-state index in [2.05, 4.69) is 6.92 Å². The van der Waals surface area contributed by atoms with E-state index in [1.165, 1.54) is 32.1 Å². The molecular formula is C14H25ClO2. The number of ether oxygens (including phenoxy) is 2. The summed E-state index contributed by atoms with van der Waals surface area (Å²) in [5, 5.41) is 0.351. The molecule has 2 rings (SSSR count). The van der Waals surface area contributed by atoms with Gasteiger partial charge in [0.2, 0.25) is 0 Å². The van der Waals surface area contributed by atoms with Crippen LogP contribution in [-0.2, 0) is 9.47 Å². The first-order valence-electron chi connectivity index (χ1n) is 7.13. The first-order valence-corrected chi connectivity index (χ1v) is 7.56. The summed E-state index contributed by atoms with van der Waals surface area (Å²) < 4.78 is 11.4. The van der Waals surface area contributed by atoms with E-state index in [4.69, 9.17) is 21.1 Å². The Bertz CT molecular complexity index is 226. The third kappa shape index (κ3) is 2.97. The van der Waals surface area contributed by atoms with Gasteiger partial charge in [-0.05, 0) is 25.7 Å². The fourth-order valence-corrected chi connectivity index (χ4v) is 3.79. The van der Waals surface area contributed by atoms with Crippen LogP contribution in [0.3, 0.4) is 0 Å². The molecule has 2 unspecified atom stereocenters. The summed E-state index contributed by atoms with van der Waals surface area (Å²) in [6.45, 7) is 4.43. The molecule has 0 saturated heterocycles. The van der Waals surface area contributed by atoms with Crippen molar-refractivity contribution in [2.24, 2.45) is 5.41 Å². The Balaban J connectivity index is 1.70. The normalized spacial score (nSPS) is 31.4. The zero-order valence-electron chi connectivity index (χ0n) is 10.9. The van der Waals surface area contributed by atoms with Crippen molar-refractivity contribution < 1.29 is 9.47 Å². The molecule has 0 amide bonds. The van der Waals surface area contributed by atoms with Crippen LogP contribution in [-0.4, -0.2) is 31.3 Å². The maximum Gasteiger partial charge on any atom is 0.0704 e. The molecule has 0 aromatic carbocycles. The SMILES string of the molecule is CCCOCCOC1CC(Cl)C12CCCCC2. The van der Waals surface area contributed by atoms with E-state index >= 15 is 0 Å². The largest absolute Gasteiger partial charge is 0.379 e. The third-order valence-corrected chi connectivity index (χ3v) is 4.98. The number of hydrogen-bond acceptors (Lipinski definition) is 2. The summed E-state index contributed by atoms with van der Waals surface area (Å²) in [7, 11) is 0. The molecule has 100 valence electrons. The molecule has 0 aliphatic heterocycles. The van der Waals surface area contributed by atoms with Crippen LogP contribution in [0, 0.1) is 5.41 Å². The van der Waals surface area contributed by atoms with Gasteiger partial charge < -0.3 is 9.47 Å². The van der Waals surface area contributed by atoms with E-state index in [1.54, 1.807) is 0 Å². The fraction of sp³-hybridized carbons (Fsp3) is 1.00. The monoisotopic (exact) mass is 260 g/mol. The van der Waals surface area contributed by atoms with Gasteiger partial charge in [-0.15, -0.1) is 11.6 Å². The Morgan fingerprint density at radius 2 is 1.88 bits per heavy atom. The number of alkyl halides is 1. The highest BCUT2D eigenvalue weighted by Crippen LogP contribution is 2.55. The van der Waals surface area contributed by atoms with E-state index < -0.39 is 0 Å². The van der Waals surface area contributed by atoms with Gasteiger partial charge in [-0.3, -0.25) is 0 Å². The Morgan fingerprint density at radius 1 is 1.12 bits per heavy atom. The topological polar surface area (TPSA) is 18.5 Å². The van der Waals surface area contributed by atoms with Crippen molar-refractivity contribution in [3.63, 3.8) is 0 Å². The summed E-state index contributed by atoms with van der Waals surface area (Å²) in [6, 6.07) is 0. The minimum absolute atomic E-state index is 0.310. The Hall–Kier alpha value is 0.210. The van der Waals surface area contributed by atoms with Gasteiger partial charge in [0.05, 0.1) is 19.3 Å². The first-order chi connectivity index (χ1) is 8.29. The number of rotatable bonds is 6. The zero-order chi connectivity index (χ0) is 12.1. The Labute approximate surface area is 110 Å². The second-order valence-electron chi connectivity index (χ2n) is 5.47. The van der Waals surface area contributed by atoms with Gasteiger partial charge in [0, 0.05) is 17.4 Å². The van der Waals surface area contributed by atoms with E-state index in [1.807, 2.05) is 0 Å². The molecular weight excluding hydrogens is 236 g/mol. The van der Waals surface area contributed by atoms with Crippen molar-refractivity contribution in [3.8, 4) is 0 Å². The maximum atomic E-state index is 6.43. The van der Waals surface area contributed by atoms with Crippen LogP contribution in [0.1, 0.15) is 51.9 Å². The van der Waals surface area contributed by atoms with E-state index in [0.29, 0.717) is 16.9 Å². The highest BCUT2D eigenvalue weighted by Gasteiger charge is 2.54. The second kappa shape index (κ2) is 6.40. The molecule has 2 atom stereocenters. The van der Waals surface area contributed by atoms with Gasteiger partial charge in [0.1, 0.15) is 0 Å². The number of hydrogen-bond donors (Lipinski definition) is 0. The second-order valence-corrected chi connectivity index (χ2v) is 6.00. The third-order valence-electron chi connectivity index (χ3n) is 4.37. The van der Waals surface area contributed by atoms with Crippen molar-refractivity contribution in [1.29, 1.82) is 0 Å². The van der Waals surface area contributed by atoms with Crippen LogP contribution in [0.5, 0.6) is 0 Å². The summed E-state index contributed by atoms with van der Waals surface area (Å²) in [4.78, 5) is 0. The molecule has 2 aliphatic rings. The quantitative estimate of drug-likeness (QED) is 0.535. The molecule has 2 fully saturated rings. The standard InChI is InChI=1S/C14H25ClO2/c1-2-8-16-9-10-17-13-11-12(15)14(13)6-4-3-5-7-14/h12-13H,2-11H2,1H3.